The number of likely N-dealkylation sites (N-methyl/N-ethyl adjacent to an activating group) is 1. The van der Waals surface area contributed by atoms with Gasteiger partial charge >= 0.3 is 0 Å². The van der Waals surface area contributed by atoms with Crippen LogP contribution in [0.25, 0.3) is 0 Å². The van der Waals surface area contributed by atoms with Crippen LogP contribution < -0.4 is 0 Å². The second-order valence-corrected chi connectivity index (χ2v) is 5.50. The Hall–Kier alpha value is -0.500. The number of unbranched alkanes of at least 4 members (excludes halogenated alkanes) is 9. The van der Waals surface area contributed by atoms with Gasteiger partial charge in [0.2, 0.25) is 0 Å². The van der Waals surface area contributed by atoms with E-state index >= 15 is 0 Å². The molecule has 0 spiro atoms. The molecule has 0 fully saturated rings. The molecule has 2 heteroatoms. The summed E-state index contributed by atoms with van der Waals surface area (Å²) in [6.07, 6.45) is 17.3. The van der Waals surface area contributed by atoms with E-state index in [9.17, 15) is 0 Å². The van der Waals surface area contributed by atoms with Crippen LogP contribution in [0.1, 0.15) is 77.6 Å². The van der Waals surface area contributed by atoms with Gasteiger partial charge in [0.05, 0.1) is 6.54 Å². The third-order valence-corrected chi connectivity index (χ3v) is 3.63. The Kier molecular flexibility index (Phi) is 9.01. The van der Waals surface area contributed by atoms with Crippen molar-refractivity contribution in [3.63, 3.8) is 0 Å². The summed E-state index contributed by atoms with van der Waals surface area (Å²) in [6, 6.07) is 0. The highest BCUT2D eigenvalue weighted by Gasteiger charge is 2.09. The number of hydrogen-bond donors (Lipinski definition) is 0. The van der Waals surface area contributed by atoms with Crippen molar-refractivity contribution in [1.29, 1.82) is 0 Å². The summed E-state index contributed by atoms with van der Waals surface area (Å²) >= 11 is 0. The van der Waals surface area contributed by atoms with Crippen LogP contribution in [0.15, 0.2) is 11.8 Å². The van der Waals surface area contributed by atoms with E-state index in [2.05, 4.69) is 13.0 Å². The minimum atomic E-state index is 0.951. The fourth-order valence-corrected chi connectivity index (χ4v) is 2.44. The zero-order valence-corrected chi connectivity index (χ0v) is 12.4. The zero-order chi connectivity index (χ0) is 13.1. The number of rotatable bonds is 11. The Morgan fingerprint density at radius 3 is 2.00 bits per heavy atom. The fourth-order valence-electron chi connectivity index (χ4n) is 2.44. The fraction of sp³-hybridized carbons (Fsp3) is 0.875. The molecule has 0 N–H and O–H groups in total. The minimum absolute atomic E-state index is 0.951. The summed E-state index contributed by atoms with van der Waals surface area (Å²) in [4.78, 5) is 5.54. The first-order valence-corrected chi connectivity index (χ1v) is 7.91. The Balaban J connectivity index is 1.76. The normalized spacial score (nSPS) is 15.8. The number of nitrogens with zero attached hydrogens (tertiary/aromatic N) is 1. The van der Waals surface area contributed by atoms with Crippen LogP contribution in [0.4, 0.5) is 0 Å². The van der Waals surface area contributed by atoms with Crippen molar-refractivity contribution in [2.24, 2.45) is 0 Å². The van der Waals surface area contributed by atoms with E-state index in [1.54, 1.807) is 0 Å². The highest BCUT2D eigenvalue weighted by Crippen LogP contribution is 2.17. The largest absolute Gasteiger partial charge is 0.411 e. The van der Waals surface area contributed by atoms with Crippen LogP contribution in [0.5, 0.6) is 0 Å². The quantitative estimate of drug-likeness (QED) is 0.477. The van der Waals surface area contributed by atoms with Crippen molar-refractivity contribution in [2.45, 2.75) is 77.6 Å². The molecule has 0 atom stereocenters. The predicted octanol–water partition coefficient (Wildman–Crippen LogP) is 5.06. The lowest BCUT2D eigenvalue weighted by atomic mass is 10.1. The zero-order valence-electron chi connectivity index (χ0n) is 12.4. The lowest BCUT2D eigenvalue weighted by molar-refractivity contribution is -0.0699. The van der Waals surface area contributed by atoms with Gasteiger partial charge in [-0.2, -0.15) is 0 Å². The van der Waals surface area contributed by atoms with Crippen molar-refractivity contribution < 1.29 is 4.84 Å². The summed E-state index contributed by atoms with van der Waals surface area (Å²) in [5, 5.41) is 1.89. The Morgan fingerprint density at radius 2 is 1.50 bits per heavy atom. The Bertz CT molecular complexity index is 225. The molecule has 1 aliphatic rings. The molecule has 0 bridgehead atoms. The molecule has 2 nitrogen and oxygen atoms in total. The maximum Gasteiger partial charge on any atom is 0.122 e. The average molecular weight is 253 g/mol. The van der Waals surface area contributed by atoms with E-state index < -0.39 is 0 Å². The van der Waals surface area contributed by atoms with E-state index in [0.29, 0.717) is 0 Å². The molecule has 0 aliphatic carbocycles. The van der Waals surface area contributed by atoms with Crippen molar-refractivity contribution >= 4 is 0 Å². The van der Waals surface area contributed by atoms with Gasteiger partial charge in [-0.25, -0.2) is 0 Å². The van der Waals surface area contributed by atoms with E-state index in [1.165, 1.54) is 70.0 Å². The van der Waals surface area contributed by atoms with Crippen LogP contribution >= 0.6 is 0 Å². The van der Waals surface area contributed by atoms with E-state index in [1.807, 2.05) is 12.1 Å². The minimum Gasteiger partial charge on any atom is -0.411 e. The maximum atomic E-state index is 5.54. The Morgan fingerprint density at radius 1 is 0.944 bits per heavy atom. The molecule has 0 aromatic carbocycles. The molecule has 18 heavy (non-hydrogen) atoms. The molecule has 0 saturated heterocycles. The van der Waals surface area contributed by atoms with Gasteiger partial charge in [0, 0.05) is 13.5 Å². The lowest BCUT2D eigenvalue weighted by Crippen LogP contribution is -2.11. The lowest BCUT2D eigenvalue weighted by Gasteiger charge is -2.09. The van der Waals surface area contributed by atoms with E-state index in [4.69, 9.17) is 4.84 Å². The van der Waals surface area contributed by atoms with Crippen LogP contribution in [0.2, 0.25) is 0 Å². The first-order chi connectivity index (χ1) is 8.83. The summed E-state index contributed by atoms with van der Waals surface area (Å²) in [7, 11) is 1.99. The van der Waals surface area contributed by atoms with Gasteiger partial charge < -0.3 is 4.84 Å². The van der Waals surface area contributed by atoms with Crippen LogP contribution in [0.3, 0.4) is 0 Å². The molecule has 0 amide bonds. The van der Waals surface area contributed by atoms with Crippen LogP contribution in [0, 0.1) is 0 Å². The first-order valence-electron chi connectivity index (χ1n) is 7.91. The number of hydrogen-bond acceptors (Lipinski definition) is 2. The number of allylic oxidation sites excluding steroid dienone is 1. The van der Waals surface area contributed by atoms with Crippen molar-refractivity contribution in [1.82, 2.24) is 5.06 Å². The number of hydroxylamine groups is 2. The third kappa shape index (κ3) is 7.75. The molecule has 0 radical (unpaired) electrons. The van der Waals surface area contributed by atoms with Gasteiger partial charge in [0.1, 0.15) is 5.76 Å². The van der Waals surface area contributed by atoms with Gasteiger partial charge in [0.25, 0.3) is 0 Å². The molecule has 106 valence electrons. The monoisotopic (exact) mass is 253 g/mol. The van der Waals surface area contributed by atoms with Crippen molar-refractivity contribution in [3.05, 3.63) is 11.8 Å². The standard InChI is InChI=1S/C16H31NO/c1-3-4-5-6-7-8-9-10-11-12-13-16-14-15-17(2)18-16/h14H,3-13,15H2,1-2H3. The molecular formula is C16H31NO. The predicted molar refractivity (Wildman–Crippen MR) is 78.3 cm³/mol. The molecule has 0 unspecified atom stereocenters. The third-order valence-electron chi connectivity index (χ3n) is 3.63. The van der Waals surface area contributed by atoms with Crippen LogP contribution in [-0.4, -0.2) is 18.7 Å². The van der Waals surface area contributed by atoms with E-state index in [-0.39, 0.29) is 0 Å². The van der Waals surface area contributed by atoms with Gasteiger partial charge in [-0.05, 0) is 12.5 Å². The molecule has 1 aliphatic heterocycles. The van der Waals surface area contributed by atoms with Crippen molar-refractivity contribution in [3.8, 4) is 0 Å². The summed E-state index contributed by atoms with van der Waals surface area (Å²) in [6.45, 7) is 3.23. The summed E-state index contributed by atoms with van der Waals surface area (Å²) < 4.78 is 0. The van der Waals surface area contributed by atoms with Crippen molar-refractivity contribution in [2.75, 3.05) is 13.6 Å². The second-order valence-electron chi connectivity index (χ2n) is 5.50. The summed E-state index contributed by atoms with van der Waals surface area (Å²) in [5.74, 6) is 1.18. The van der Waals surface area contributed by atoms with Crippen LogP contribution in [-0.2, 0) is 4.84 Å². The highest BCUT2D eigenvalue weighted by atomic mass is 16.7. The average Bonchev–Trinajstić information content (AvgIpc) is 2.77. The van der Waals surface area contributed by atoms with Gasteiger partial charge in [-0.3, -0.25) is 0 Å². The molecule has 0 aromatic heterocycles. The SMILES string of the molecule is CCCCCCCCCCCCC1=CCN(C)O1. The summed E-state index contributed by atoms with van der Waals surface area (Å²) in [5.41, 5.74) is 0. The maximum absolute atomic E-state index is 5.54. The molecule has 0 aromatic rings. The van der Waals surface area contributed by atoms with Gasteiger partial charge in [-0.15, -0.1) is 5.06 Å². The second kappa shape index (κ2) is 10.4. The first kappa shape index (κ1) is 15.6. The van der Waals surface area contributed by atoms with E-state index in [0.717, 1.165) is 13.0 Å². The molecular weight excluding hydrogens is 222 g/mol. The highest BCUT2D eigenvalue weighted by molar-refractivity contribution is 4.97. The van der Waals surface area contributed by atoms with Gasteiger partial charge in [-0.1, -0.05) is 64.7 Å². The molecule has 1 rings (SSSR count). The topological polar surface area (TPSA) is 12.5 Å². The molecule has 0 saturated carbocycles. The smallest absolute Gasteiger partial charge is 0.122 e. The molecule has 1 heterocycles. The van der Waals surface area contributed by atoms with Gasteiger partial charge in [0.15, 0.2) is 0 Å². The Labute approximate surface area is 113 Å².